The minimum atomic E-state index is 0.347. The highest BCUT2D eigenvalue weighted by molar-refractivity contribution is 5.92. The molecule has 0 fully saturated rings. The lowest BCUT2D eigenvalue weighted by molar-refractivity contribution is 0.900. The van der Waals surface area contributed by atoms with Gasteiger partial charge in [-0.2, -0.15) is 5.10 Å². The number of aromatic nitrogens is 2. The molecule has 0 aliphatic rings. The zero-order valence-corrected chi connectivity index (χ0v) is 10.9. The third kappa shape index (κ3) is 2.40. The first kappa shape index (κ1) is 12.3. The van der Waals surface area contributed by atoms with Crippen LogP contribution in [0.4, 0.5) is 11.6 Å². The number of hydrogen-bond donors (Lipinski definition) is 2. The van der Waals surface area contributed by atoms with E-state index in [0.717, 1.165) is 22.3 Å². The Morgan fingerprint density at radius 2 is 2.06 bits per heavy atom. The van der Waals surface area contributed by atoms with Crippen molar-refractivity contribution in [2.24, 2.45) is 5.10 Å². The molecule has 1 aromatic carbocycles. The van der Waals surface area contributed by atoms with Crippen LogP contribution in [0.1, 0.15) is 19.5 Å². The summed E-state index contributed by atoms with van der Waals surface area (Å²) in [5.41, 5.74) is 5.49. The summed E-state index contributed by atoms with van der Waals surface area (Å²) in [4.78, 5) is 8.79. The van der Waals surface area contributed by atoms with Gasteiger partial charge in [0.25, 0.3) is 0 Å². The summed E-state index contributed by atoms with van der Waals surface area (Å²) < 4.78 is 0. The second kappa shape index (κ2) is 5.00. The lowest BCUT2D eigenvalue weighted by Crippen LogP contribution is -2.11. The largest absolute Gasteiger partial charge is 0.381 e. The summed E-state index contributed by atoms with van der Waals surface area (Å²) in [7, 11) is 0. The van der Waals surface area contributed by atoms with Crippen molar-refractivity contribution in [2.75, 3.05) is 10.7 Å². The molecular weight excluding hydrogens is 226 g/mol. The third-order valence-electron chi connectivity index (χ3n) is 2.54. The van der Waals surface area contributed by atoms with Crippen LogP contribution >= 0.6 is 0 Å². The highest BCUT2D eigenvalue weighted by Crippen LogP contribution is 2.25. The van der Waals surface area contributed by atoms with Gasteiger partial charge in [0.05, 0.1) is 16.9 Å². The van der Waals surface area contributed by atoms with E-state index in [2.05, 4.69) is 46.4 Å². The average Bonchev–Trinajstić information content (AvgIpc) is 2.30. The summed E-state index contributed by atoms with van der Waals surface area (Å²) in [6.45, 7) is 9.52. The predicted molar refractivity (Wildman–Crippen MR) is 76.2 cm³/mol. The van der Waals surface area contributed by atoms with E-state index < -0.39 is 0 Å². The normalized spacial score (nSPS) is 10.7. The van der Waals surface area contributed by atoms with Gasteiger partial charge in [-0.25, -0.2) is 15.4 Å². The number of anilines is 2. The van der Waals surface area contributed by atoms with Gasteiger partial charge in [0.1, 0.15) is 0 Å². The van der Waals surface area contributed by atoms with E-state index in [1.807, 2.05) is 25.1 Å². The Morgan fingerprint density at radius 1 is 1.28 bits per heavy atom. The zero-order valence-electron chi connectivity index (χ0n) is 10.9. The second-order valence-electron chi connectivity index (χ2n) is 4.40. The first-order chi connectivity index (χ1) is 8.61. The van der Waals surface area contributed by atoms with Crippen molar-refractivity contribution in [1.29, 1.82) is 0 Å². The van der Waals surface area contributed by atoms with Gasteiger partial charge in [-0.05, 0) is 26.8 Å². The molecule has 0 radical (unpaired) electrons. The molecule has 1 aromatic heterocycles. The van der Waals surface area contributed by atoms with Crippen LogP contribution in [0, 0.1) is 6.92 Å². The minimum absolute atomic E-state index is 0.347. The lowest BCUT2D eigenvalue weighted by Gasteiger charge is -2.13. The molecule has 0 aliphatic carbocycles. The molecule has 0 aliphatic heterocycles. The molecule has 5 nitrogen and oxygen atoms in total. The SMILES string of the molecule is C=NNc1nc(C)c2cccc(NC(C)C)c2n1. The Morgan fingerprint density at radius 3 is 2.72 bits per heavy atom. The van der Waals surface area contributed by atoms with Gasteiger partial charge in [-0.15, -0.1) is 0 Å². The zero-order chi connectivity index (χ0) is 13.1. The quantitative estimate of drug-likeness (QED) is 0.640. The van der Waals surface area contributed by atoms with E-state index >= 15 is 0 Å². The maximum Gasteiger partial charge on any atom is 0.244 e. The third-order valence-corrected chi connectivity index (χ3v) is 2.54. The molecule has 1 heterocycles. The van der Waals surface area contributed by atoms with E-state index in [-0.39, 0.29) is 0 Å². The van der Waals surface area contributed by atoms with Crippen molar-refractivity contribution in [2.45, 2.75) is 26.8 Å². The number of fused-ring (bicyclic) bond motifs is 1. The summed E-state index contributed by atoms with van der Waals surface area (Å²) in [6.07, 6.45) is 0. The maximum atomic E-state index is 4.46. The number of hydrazone groups is 1. The van der Waals surface area contributed by atoms with E-state index in [0.29, 0.717) is 12.0 Å². The molecule has 0 saturated carbocycles. The molecule has 0 saturated heterocycles. The van der Waals surface area contributed by atoms with Crippen molar-refractivity contribution in [1.82, 2.24) is 9.97 Å². The molecular formula is C13H17N5. The van der Waals surface area contributed by atoms with Crippen LogP contribution in [0.3, 0.4) is 0 Å². The minimum Gasteiger partial charge on any atom is -0.381 e. The fourth-order valence-electron chi connectivity index (χ4n) is 1.85. The summed E-state index contributed by atoms with van der Waals surface area (Å²) in [5, 5.41) is 8.02. The molecule has 0 spiro atoms. The van der Waals surface area contributed by atoms with Gasteiger partial charge >= 0.3 is 0 Å². The highest BCUT2D eigenvalue weighted by Gasteiger charge is 2.08. The maximum absolute atomic E-state index is 4.46. The summed E-state index contributed by atoms with van der Waals surface area (Å²) in [5.74, 6) is 0.466. The molecule has 94 valence electrons. The van der Waals surface area contributed by atoms with Crippen LogP contribution in [0.5, 0.6) is 0 Å². The van der Waals surface area contributed by atoms with Crippen LogP contribution in [-0.4, -0.2) is 22.7 Å². The standard InChI is InChI=1S/C13H17N5/c1-8(2)15-11-7-5-6-10-9(3)16-13(18-14-4)17-12(10)11/h5-8,15H,4H2,1-3H3,(H,16,17,18). The topological polar surface area (TPSA) is 62.2 Å². The Balaban J connectivity index is 2.61. The fraction of sp³-hybridized carbons (Fsp3) is 0.308. The summed E-state index contributed by atoms with van der Waals surface area (Å²) >= 11 is 0. The first-order valence-electron chi connectivity index (χ1n) is 5.87. The predicted octanol–water partition coefficient (Wildman–Crippen LogP) is 2.79. The van der Waals surface area contributed by atoms with Crippen LogP contribution in [0.15, 0.2) is 23.3 Å². The Bertz CT molecular complexity index is 577. The van der Waals surface area contributed by atoms with Crippen molar-refractivity contribution >= 4 is 29.3 Å². The monoisotopic (exact) mass is 243 g/mol. The Kier molecular flexibility index (Phi) is 3.41. The van der Waals surface area contributed by atoms with Crippen molar-refractivity contribution < 1.29 is 0 Å². The molecule has 2 N–H and O–H groups in total. The number of rotatable bonds is 4. The number of benzene rings is 1. The van der Waals surface area contributed by atoms with Gasteiger partial charge in [0, 0.05) is 18.1 Å². The van der Waals surface area contributed by atoms with E-state index in [9.17, 15) is 0 Å². The van der Waals surface area contributed by atoms with E-state index in [1.54, 1.807) is 0 Å². The number of nitrogens with zero attached hydrogens (tertiary/aromatic N) is 3. The van der Waals surface area contributed by atoms with E-state index in [1.165, 1.54) is 0 Å². The van der Waals surface area contributed by atoms with Gasteiger partial charge in [0.15, 0.2) is 0 Å². The Labute approximate surface area is 106 Å². The van der Waals surface area contributed by atoms with Gasteiger partial charge < -0.3 is 5.32 Å². The van der Waals surface area contributed by atoms with Crippen LogP contribution < -0.4 is 10.7 Å². The molecule has 0 bridgehead atoms. The molecule has 0 amide bonds. The molecule has 5 heteroatoms. The van der Waals surface area contributed by atoms with Gasteiger partial charge in [0.2, 0.25) is 5.95 Å². The van der Waals surface area contributed by atoms with Gasteiger partial charge in [-0.1, -0.05) is 12.1 Å². The number of para-hydroxylation sites is 1. The molecule has 2 rings (SSSR count). The molecule has 2 aromatic rings. The lowest BCUT2D eigenvalue weighted by atomic mass is 10.1. The van der Waals surface area contributed by atoms with E-state index in [4.69, 9.17) is 0 Å². The summed E-state index contributed by atoms with van der Waals surface area (Å²) in [6, 6.07) is 6.38. The smallest absolute Gasteiger partial charge is 0.244 e. The average molecular weight is 243 g/mol. The number of hydrogen-bond acceptors (Lipinski definition) is 5. The van der Waals surface area contributed by atoms with Gasteiger partial charge in [-0.3, -0.25) is 0 Å². The van der Waals surface area contributed by atoms with Crippen molar-refractivity contribution in [3.63, 3.8) is 0 Å². The number of aryl methyl sites for hydroxylation is 1. The van der Waals surface area contributed by atoms with Crippen LogP contribution in [-0.2, 0) is 0 Å². The Hall–Kier alpha value is -2.17. The fourth-order valence-corrected chi connectivity index (χ4v) is 1.85. The molecule has 0 unspecified atom stereocenters. The highest BCUT2D eigenvalue weighted by atomic mass is 15.3. The molecule has 18 heavy (non-hydrogen) atoms. The van der Waals surface area contributed by atoms with Crippen LogP contribution in [0.25, 0.3) is 10.9 Å². The van der Waals surface area contributed by atoms with Crippen molar-refractivity contribution in [3.05, 3.63) is 23.9 Å². The molecule has 0 atom stereocenters. The van der Waals surface area contributed by atoms with Crippen LogP contribution in [0.2, 0.25) is 0 Å². The number of nitrogens with one attached hydrogen (secondary N) is 2. The second-order valence-corrected chi connectivity index (χ2v) is 4.40. The van der Waals surface area contributed by atoms with Crippen molar-refractivity contribution in [3.8, 4) is 0 Å². The first-order valence-corrected chi connectivity index (χ1v) is 5.87.